The first-order valence-electron chi connectivity index (χ1n) is 6.22. The number of nitrogens with zero attached hydrogens (tertiary/aromatic N) is 2. The van der Waals surface area contributed by atoms with Crippen LogP contribution in [0.25, 0.3) is 0 Å². The van der Waals surface area contributed by atoms with E-state index in [9.17, 15) is 19.3 Å². The minimum atomic E-state index is -0.919. The number of nitrogens with one attached hydrogen (secondary N) is 1. The average Bonchev–Trinajstić information content (AvgIpc) is 2.37. The van der Waals surface area contributed by atoms with Gasteiger partial charge in [0, 0.05) is 11.8 Å². The predicted octanol–water partition coefficient (Wildman–Crippen LogP) is 2.92. The molecule has 0 saturated carbocycles. The van der Waals surface area contributed by atoms with Crippen molar-refractivity contribution in [3.63, 3.8) is 0 Å². The first-order chi connectivity index (χ1) is 10.0. The lowest BCUT2D eigenvalue weighted by Crippen LogP contribution is -2.10. The zero-order valence-electron chi connectivity index (χ0n) is 11.1. The van der Waals surface area contributed by atoms with E-state index in [4.69, 9.17) is 0 Å². The number of halogens is 1. The normalized spacial score (nSPS) is 10.6. The van der Waals surface area contributed by atoms with Crippen molar-refractivity contribution in [2.24, 2.45) is 0 Å². The number of rotatable bonds is 5. The van der Waals surface area contributed by atoms with Gasteiger partial charge in [-0.3, -0.25) is 14.9 Å². The Hall–Kier alpha value is -2.22. The standard InChI is InChI=1S/C13H12FN3O3S/c1-2-4-8-7-11(18)16-13(15-8)21-10-6-3-5-9(14)12(10)17(19)20/h3,5-7H,2,4H2,1H3,(H,15,16,18). The summed E-state index contributed by atoms with van der Waals surface area (Å²) >= 11 is 0.863. The number of nitro benzene ring substituents is 1. The Morgan fingerprint density at radius 1 is 1.48 bits per heavy atom. The molecule has 2 rings (SSSR count). The van der Waals surface area contributed by atoms with Gasteiger partial charge in [0.2, 0.25) is 5.82 Å². The van der Waals surface area contributed by atoms with Gasteiger partial charge in [0.25, 0.3) is 5.56 Å². The molecule has 1 N–H and O–H groups in total. The summed E-state index contributed by atoms with van der Waals surface area (Å²) in [4.78, 5) is 28.5. The molecule has 0 aliphatic rings. The highest BCUT2D eigenvalue weighted by molar-refractivity contribution is 7.99. The Labute approximate surface area is 123 Å². The summed E-state index contributed by atoms with van der Waals surface area (Å²) in [7, 11) is 0. The van der Waals surface area contributed by atoms with Crippen molar-refractivity contribution in [1.82, 2.24) is 9.97 Å². The monoisotopic (exact) mass is 309 g/mol. The van der Waals surface area contributed by atoms with E-state index in [1.54, 1.807) is 0 Å². The summed E-state index contributed by atoms with van der Waals surface area (Å²) < 4.78 is 13.5. The van der Waals surface area contributed by atoms with Crippen molar-refractivity contribution in [3.05, 3.63) is 56.2 Å². The highest BCUT2D eigenvalue weighted by atomic mass is 32.2. The molecule has 1 heterocycles. The lowest BCUT2D eigenvalue weighted by atomic mass is 10.2. The number of nitro groups is 1. The maximum Gasteiger partial charge on any atom is 0.318 e. The quantitative estimate of drug-likeness (QED) is 0.521. The van der Waals surface area contributed by atoms with Gasteiger partial charge in [-0.1, -0.05) is 19.4 Å². The molecule has 0 fully saturated rings. The summed E-state index contributed by atoms with van der Waals surface area (Å²) in [6.07, 6.45) is 1.45. The van der Waals surface area contributed by atoms with Crippen molar-refractivity contribution in [1.29, 1.82) is 0 Å². The topological polar surface area (TPSA) is 88.9 Å². The second-order valence-electron chi connectivity index (χ2n) is 4.24. The molecule has 0 bridgehead atoms. The first kappa shape index (κ1) is 15.2. The number of H-pyrrole nitrogens is 1. The van der Waals surface area contributed by atoms with Gasteiger partial charge in [0.15, 0.2) is 5.16 Å². The van der Waals surface area contributed by atoms with E-state index < -0.39 is 16.4 Å². The molecule has 0 aliphatic heterocycles. The third-order valence-electron chi connectivity index (χ3n) is 2.62. The summed E-state index contributed by atoms with van der Waals surface area (Å²) in [6.45, 7) is 1.95. The zero-order valence-corrected chi connectivity index (χ0v) is 11.9. The van der Waals surface area contributed by atoms with Gasteiger partial charge >= 0.3 is 5.69 Å². The van der Waals surface area contributed by atoms with Gasteiger partial charge in [-0.25, -0.2) is 4.98 Å². The molecule has 0 aliphatic carbocycles. The summed E-state index contributed by atoms with van der Waals surface area (Å²) in [6, 6.07) is 5.19. The fraction of sp³-hybridized carbons (Fsp3) is 0.231. The van der Waals surface area contributed by atoms with E-state index >= 15 is 0 Å². The molecule has 2 aromatic rings. The van der Waals surface area contributed by atoms with E-state index in [1.165, 1.54) is 18.2 Å². The Morgan fingerprint density at radius 2 is 2.24 bits per heavy atom. The van der Waals surface area contributed by atoms with Crippen LogP contribution < -0.4 is 5.56 Å². The highest BCUT2D eigenvalue weighted by Crippen LogP contribution is 2.34. The van der Waals surface area contributed by atoms with Crippen LogP contribution in [0.3, 0.4) is 0 Å². The minimum Gasteiger partial charge on any atom is -0.301 e. The van der Waals surface area contributed by atoms with Crippen molar-refractivity contribution in [3.8, 4) is 0 Å². The number of aryl methyl sites for hydroxylation is 1. The predicted molar refractivity (Wildman–Crippen MR) is 76.0 cm³/mol. The Morgan fingerprint density at radius 3 is 2.90 bits per heavy atom. The van der Waals surface area contributed by atoms with Crippen LogP contribution in [0.5, 0.6) is 0 Å². The minimum absolute atomic E-state index is 0.0943. The second-order valence-corrected chi connectivity index (χ2v) is 5.27. The van der Waals surface area contributed by atoms with Crippen molar-refractivity contribution >= 4 is 17.4 Å². The molecular weight excluding hydrogens is 297 g/mol. The number of aromatic amines is 1. The van der Waals surface area contributed by atoms with Gasteiger partial charge in [-0.05, 0) is 30.3 Å². The molecule has 6 nitrogen and oxygen atoms in total. The lowest BCUT2D eigenvalue weighted by molar-refractivity contribution is -0.390. The Balaban J connectivity index is 2.41. The molecule has 0 saturated heterocycles. The largest absolute Gasteiger partial charge is 0.318 e. The first-order valence-corrected chi connectivity index (χ1v) is 7.04. The van der Waals surface area contributed by atoms with Crippen LogP contribution in [-0.2, 0) is 6.42 Å². The van der Waals surface area contributed by atoms with Crippen LogP contribution in [0, 0.1) is 15.9 Å². The summed E-state index contributed by atoms with van der Waals surface area (Å²) in [5.74, 6) is -0.919. The molecule has 0 radical (unpaired) electrons. The smallest absolute Gasteiger partial charge is 0.301 e. The van der Waals surface area contributed by atoms with Gasteiger partial charge in [-0.2, -0.15) is 4.39 Å². The number of hydrogen-bond donors (Lipinski definition) is 1. The summed E-state index contributed by atoms with van der Waals surface area (Å²) in [5, 5.41) is 11.1. The fourth-order valence-electron chi connectivity index (χ4n) is 1.78. The maximum atomic E-state index is 13.5. The molecule has 8 heteroatoms. The Bertz CT molecular complexity index is 733. The molecule has 0 amide bonds. The third-order valence-corrected chi connectivity index (χ3v) is 3.55. The summed E-state index contributed by atoms with van der Waals surface area (Å²) in [5.41, 5.74) is -0.358. The van der Waals surface area contributed by atoms with Crippen LogP contribution >= 0.6 is 11.8 Å². The van der Waals surface area contributed by atoms with Crippen LogP contribution in [0.1, 0.15) is 19.0 Å². The van der Waals surface area contributed by atoms with E-state index in [0.29, 0.717) is 12.1 Å². The molecular formula is C13H12FN3O3S. The van der Waals surface area contributed by atoms with Crippen LogP contribution in [0.4, 0.5) is 10.1 Å². The number of benzene rings is 1. The fourth-order valence-corrected chi connectivity index (χ4v) is 2.71. The molecule has 1 aromatic carbocycles. The number of para-hydroxylation sites is 1. The van der Waals surface area contributed by atoms with Gasteiger partial charge in [-0.15, -0.1) is 0 Å². The number of aromatic nitrogens is 2. The average molecular weight is 309 g/mol. The van der Waals surface area contributed by atoms with Gasteiger partial charge in [0.05, 0.1) is 9.82 Å². The molecule has 21 heavy (non-hydrogen) atoms. The lowest BCUT2D eigenvalue weighted by Gasteiger charge is -2.04. The second kappa shape index (κ2) is 6.49. The maximum absolute atomic E-state index is 13.5. The molecule has 110 valence electrons. The molecule has 1 aromatic heterocycles. The number of hydrogen-bond acceptors (Lipinski definition) is 5. The van der Waals surface area contributed by atoms with Crippen molar-refractivity contribution in [2.75, 3.05) is 0 Å². The molecule has 0 spiro atoms. The van der Waals surface area contributed by atoms with E-state index in [2.05, 4.69) is 9.97 Å². The van der Waals surface area contributed by atoms with Gasteiger partial charge < -0.3 is 4.98 Å². The van der Waals surface area contributed by atoms with Crippen LogP contribution in [0.2, 0.25) is 0 Å². The van der Waals surface area contributed by atoms with E-state index in [0.717, 1.165) is 24.2 Å². The Kier molecular flexibility index (Phi) is 4.69. The van der Waals surface area contributed by atoms with Crippen molar-refractivity contribution in [2.45, 2.75) is 29.8 Å². The van der Waals surface area contributed by atoms with Gasteiger partial charge in [0.1, 0.15) is 0 Å². The van der Waals surface area contributed by atoms with Crippen LogP contribution in [-0.4, -0.2) is 14.9 Å². The molecule has 0 atom stereocenters. The van der Waals surface area contributed by atoms with E-state index in [1.807, 2.05) is 6.92 Å². The SMILES string of the molecule is CCCc1cc(=O)[nH]c(Sc2cccc(F)c2[N+](=O)[O-])n1. The molecule has 0 unspecified atom stereocenters. The van der Waals surface area contributed by atoms with Crippen LogP contribution in [0.15, 0.2) is 39.1 Å². The van der Waals surface area contributed by atoms with E-state index in [-0.39, 0.29) is 15.6 Å². The highest BCUT2D eigenvalue weighted by Gasteiger charge is 2.21. The van der Waals surface area contributed by atoms with Crippen molar-refractivity contribution < 1.29 is 9.31 Å². The zero-order chi connectivity index (χ0) is 15.4. The third kappa shape index (κ3) is 3.66.